The van der Waals surface area contributed by atoms with Gasteiger partial charge in [-0.3, -0.25) is 9.97 Å². The Bertz CT molecular complexity index is 2160. The lowest BCUT2D eigenvalue weighted by atomic mass is 9.94. The Morgan fingerprint density at radius 3 is 1.77 bits per heavy atom. The summed E-state index contributed by atoms with van der Waals surface area (Å²) in [5.74, 6) is 0.608. The Hall–Kier alpha value is -5.87. The highest BCUT2D eigenvalue weighted by Gasteiger charge is 2.13. The molecule has 0 radical (unpaired) electrons. The van der Waals surface area contributed by atoms with Crippen LogP contribution in [0.1, 0.15) is 0 Å². The number of hydrogen-bond donors (Lipinski definition) is 0. The minimum atomic E-state index is 0.608. The lowest BCUT2D eigenvalue weighted by molar-refractivity contribution is 0.620. The summed E-state index contributed by atoms with van der Waals surface area (Å²) >= 11 is 0. The highest BCUT2D eigenvalue weighted by Crippen LogP contribution is 2.35. The van der Waals surface area contributed by atoms with Gasteiger partial charge in [0, 0.05) is 41.5 Å². The molecule has 0 aliphatic heterocycles. The smallest absolute Gasteiger partial charge is 0.227 e. The van der Waals surface area contributed by atoms with E-state index in [2.05, 4.69) is 119 Å². The van der Waals surface area contributed by atoms with Crippen molar-refractivity contribution in [3.05, 3.63) is 152 Å². The zero-order valence-corrected chi connectivity index (χ0v) is 23.2. The number of aromatic nitrogens is 3. The molecule has 0 bridgehead atoms. The molecule has 3 aromatic heterocycles. The first kappa shape index (κ1) is 24.9. The standard InChI is InChI=1S/C39H25N3O/c1-2-10-35-26(6-1)7-3-11-36(35)27-12-14-28(15-13-27)39-42-37-23-29(16-17-38(37)43-39)32-20-33(30-8-4-18-40-24-30)22-34(21-32)31-9-5-19-41-25-31/h1-25H. The molecule has 43 heavy (non-hydrogen) atoms. The van der Waals surface area contributed by atoms with Crippen molar-refractivity contribution in [3.8, 4) is 56.0 Å². The Labute approximate surface area is 249 Å². The van der Waals surface area contributed by atoms with E-state index in [9.17, 15) is 0 Å². The second-order valence-corrected chi connectivity index (χ2v) is 10.6. The van der Waals surface area contributed by atoms with E-state index in [-0.39, 0.29) is 0 Å². The number of oxazole rings is 1. The molecule has 5 aromatic carbocycles. The van der Waals surface area contributed by atoms with Crippen molar-refractivity contribution in [1.29, 1.82) is 0 Å². The first-order valence-electron chi connectivity index (χ1n) is 14.2. The van der Waals surface area contributed by atoms with Gasteiger partial charge in [0.15, 0.2) is 5.58 Å². The molecule has 4 nitrogen and oxygen atoms in total. The fourth-order valence-electron chi connectivity index (χ4n) is 5.69. The minimum absolute atomic E-state index is 0.608. The summed E-state index contributed by atoms with van der Waals surface area (Å²) in [5.41, 5.74) is 11.4. The Balaban J connectivity index is 1.16. The Kier molecular flexibility index (Phi) is 6.08. The number of hydrogen-bond acceptors (Lipinski definition) is 4. The van der Waals surface area contributed by atoms with Gasteiger partial charge >= 0.3 is 0 Å². The maximum absolute atomic E-state index is 6.22. The van der Waals surface area contributed by atoms with Crippen molar-refractivity contribution >= 4 is 21.9 Å². The van der Waals surface area contributed by atoms with Gasteiger partial charge in [-0.25, -0.2) is 4.98 Å². The van der Waals surface area contributed by atoms with Crippen LogP contribution in [0.4, 0.5) is 0 Å². The van der Waals surface area contributed by atoms with Crippen LogP contribution >= 0.6 is 0 Å². The van der Waals surface area contributed by atoms with Gasteiger partial charge in [0.2, 0.25) is 5.89 Å². The molecule has 8 aromatic rings. The van der Waals surface area contributed by atoms with Gasteiger partial charge in [0.25, 0.3) is 0 Å². The average molecular weight is 552 g/mol. The van der Waals surface area contributed by atoms with Crippen molar-refractivity contribution in [2.45, 2.75) is 0 Å². The van der Waals surface area contributed by atoms with E-state index in [1.54, 1.807) is 12.4 Å². The van der Waals surface area contributed by atoms with E-state index in [0.29, 0.717) is 5.89 Å². The second kappa shape index (κ2) is 10.5. The number of fused-ring (bicyclic) bond motifs is 2. The highest BCUT2D eigenvalue weighted by molar-refractivity contribution is 5.97. The van der Waals surface area contributed by atoms with Crippen LogP contribution < -0.4 is 0 Å². The highest BCUT2D eigenvalue weighted by atomic mass is 16.3. The van der Waals surface area contributed by atoms with E-state index in [1.807, 2.05) is 30.6 Å². The SMILES string of the molecule is c1cncc(-c2cc(-c3cccnc3)cc(-c3ccc4oc(-c5ccc(-c6cccc7ccccc67)cc5)nc4c3)c2)c1. The third-order valence-corrected chi connectivity index (χ3v) is 7.88. The molecule has 0 N–H and O–H groups in total. The van der Waals surface area contributed by atoms with Crippen LogP contribution in [0.15, 0.2) is 157 Å². The third kappa shape index (κ3) is 4.75. The van der Waals surface area contributed by atoms with Gasteiger partial charge in [-0.2, -0.15) is 0 Å². The lowest BCUT2D eigenvalue weighted by Crippen LogP contribution is -1.87. The largest absolute Gasteiger partial charge is 0.436 e. The van der Waals surface area contributed by atoms with Crippen LogP contribution in [0.3, 0.4) is 0 Å². The van der Waals surface area contributed by atoms with Gasteiger partial charge in [0.05, 0.1) is 0 Å². The van der Waals surface area contributed by atoms with Crippen molar-refractivity contribution < 1.29 is 4.42 Å². The molecule has 0 atom stereocenters. The fraction of sp³-hybridized carbons (Fsp3) is 0. The van der Waals surface area contributed by atoms with Crippen LogP contribution in [0.2, 0.25) is 0 Å². The van der Waals surface area contributed by atoms with Crippen molar-refractivity contribution in [1.82, 2.24) is 15.0 Å². The zero-order chi connectivity index (χ0) is 28.6. The molecule has 0 spiro atoms. The molecule has 8 rings (SSSR count). The number of nitrogens with zero attached hydrogens (tertiary/aromatic N) is 3. The van der Waals surface area contributed by atoms with Crippen LogP contribution in [0.5, 0.6) is 0 Å². The number of rotatable bonds is 5. The van der Waals surface area contributed by atoms with E-state index < -0.39 is 0 Å². The zero-order valence-electron chi connectivity index (χ0n) is 23.2. The van der Waals surface area contributed by atoms with Crippen LogP contribution in [-0.2, 0) is 0 Å². The lowest BCUT2D eigenvalue weighted by Gasteiger charge is -2.11. The molecule has 4 heteroatoms. The Morgan fingerprint density at radius 2 is 1.07 bits per heavy atom. The molecular formula is C39H25N3O. The summed E-state index contributed by atoms with van der Waals surface area (Å²) in [6.07, 6.45) is 7.38. The molecule has 0 saturated heterocycles. The molecule has 0 fully saturated rings. The third-order valence-electron chi connectivity index (χ3n) is 7.88. The molecule has 0 saturated carbocycles. The Morgan fingerprint density at radius 1 is 0.442 bits per heavy atom. The summed E-state index contributed by atoms with van der Waals surface area (Å²) in [5, 5.41) is 2.48. The molecule has 3 heterocycles. The summed E-state index contributed by atoms with van der Waals surface area (Å²) in [6, 6.07) is 44.2. The monoisotopic (exact) mass is 551 g/mol. The predicted octanol–water partition coefficient (Wildman–Crippen LogP) is 10.1. The average Bonchev–Trinajstić information content (AvgIpc) is 3.52. The summed E-state index contributed by atoms with van der Waals surface area (Å²) in [6.45, 7) is 0. The van der Waals surface area contributed by atoms with E-state index in [0.717, 1.165) is 55.6 Å². The van der Waals surface area contributed by atoms with Gasteiger partial charge in [-0.15, -0.1) is 0 Å². The minimum Gasteiger partial charge on any atom is -0.436 e. The molecule has 0 aliphatic rings. The summed E-state index contributed by atoms with van der Waals surface area (Å²) in [7, 11) is 0. The normalized spacial score (nSPS) is 11.3. The maximum atomic E-state index is 6.22. The van der Waals surface area contributed by atoms with Crippen molar-refractivity contribution in [3.63, 3.8) is 0 Å². The topological polar surface area (TPSA) is 51.8 Å². The van der Waals surface area contributed by atoms with Crippen LogP contribution in [-0.4, -0.2) is 15.0 Å². The van der Waals surface area contributed by atoms with Gasteiger partial charge in [-0.1, -0.05) is 72.8 Å². The number of benzene rings is 5. The molecule has 0 unspecified atom stereocenters. The van der Waals surface area contributed by atoms with Crippen molar-refractivity contribution in [2.75, 3.05) is 0 Å². The van der Waals surface area contributed by atoms with Crippen molar-refractivity contribution in [2.24, 2.45) is 0 Å². The van der Waals surface area contributed by atoms with Crippen LogP contribution in [0, 0.1) is 0 Å². The van der Waals surface area contributed by atoms with Gasteiger partial charge in [0.1, 0.15) is 5.52 Å². The van der Waals surface area contributed by atoms with E-state index in [1.165, 1.54) is 16.3 Å². The summed E-state index contributed by atoms with van der Waals surface area (Å²) < 4.78 is 6.22. The second-order valence-electron chi connectivity index (χ2n) is 10.6. The quantitative estimate of drug-likeness (QED) is 0.214. The molecule has 0 amide bonds. The fourth-order valence-corrected chi connectivity index (χ4v) is 5.69. The van der Waals surface area contributed by atoms with E-state index >= 15 is 0 Å². The predicted molar refractivity (Wildman–Crippen MR) is 174 cm³/mol. The summed E-state index contributed by atoms with van der Waals surface area (Å²) in [4.78, 5) is 13.6. The van der Waals surface area contributed by atoms with E-state index in [4.69, 9.17) is 9.40 Å². The van der Waals surface area contributed by atoms with Gasteiger partial charge < -0.3 is 4.42 Å². The molecular weight excluding hydrogens is 526 g/mol. The van der Waals surface area contributed by atoms with Gasteiger partial charge in [-0.05, 0) is 98.8 Å². The first-order chi connectivity index (χ1) is 21.3. The first-order valence-corrected chi connectivity index (χ1v) is 14.2. The maximum Gasteiger partial charge on any atom is 0.227 e. The van der Waals surface area contributed by atoms with Crippen LogP contribution in [0.25, 0.3) is 77.8 Å². The number of pyridine rings is 2. The molecule has 0 aliphatic carbocycles. The molecule has 202 valence electrons.